The van der Waals surface area contributed by atoms with Gasteiger partial charge in [0.1, 0.15) is 6.61 Å². The van der Waals surface area contributed by atoms with E-state index in [2.05, 4.69) is 6.58 Å². The van der Waals surface area contributed by atoms with Crippen LogP contribution in [0.15, 0.2) is 47.7 Å². The van der Waals surface area contributed by atoms with Gasteiger partial charge in [-0.2, -0.15) is 0 Å². The van der Waals surface area contributed by atoms with Gasteiger partial charge in [0.2, 0.25) is 0 Å². The normalized spacial score (nSPS) is 18.7. The minimum atomic E-state index is -0.497. The van der Waals surface area contributed by atoms with E-state index < -0.39 is 5.97 Å². The third-order valence-corrected chi connectivity index (χ3v) is 5.63. The number of allylic oxidation sites excluding steroid dienone is 1. The standard InChI is InChI=1S/C24H29NO5/c1-5-13-30-20-12-11-17(15-21(20)28-3)14-19-22(24(27)29-4)16(2)25(23(19)26)18-9-7-6-8-10-18/h5,11-12,14-15,18H,1,6-10,13H2,2-4H3/b19-14-. The summed E-state index contributed by atoms with van der Waals surface area (Å²) < 4.78 is 16.0. The molecule has 0 saturated heterocycles. The number of benzene rings is 1. The van der Waals surface area contributed by atoms with E-state index in [0.29, 0.717) is 34.9 Å². The molecule has 160 valence electrons. The molecular formula is C24H29NO5. The fourth-order valence-electron chi connectivity index (χ4n) is 4.19. The average molecular weight is 411 g/mol. The van der Waals surface area contributed by atoms with Crippen molar-refractivity contribution in [3.05, 3.63) is 53.3 Å². The van der Waals surface area contributed by atoms with Gasteiger partial charge in [-0.15, -0.1) is 0 Å². The molecule has 0 unspecified atom stereocenters. The van der Waals surface area contributed by atoms with E-state index in [0.717, 1.165) is 31.2 Å². The monoisotopic (exact) mass is 411 g/mol. The predicted molar refractivity (Wildman–Crippen MR) is 115 cm³/mol. The zero-order valence-electron chi connectivity index (χ0n) is 17.9. The quantitative estimate of drug-likeness (QED) is 0.381. The molecule has 0 bridgehead atoms. The SMILES string of the molecule is C=CCOc1ccc(/C=C2\C(=O)N(C3CCCCC3)C(C)=C2C(=O)OC)cc1OC. The van der Waals surface area contributed by atoms with Gasteiger partial charge in [-0.05, 0) is 43.5 Å². The smallest absolute Gasteiger partial charge is 0.340 e. The summed E-state index contributed by atoms with van der Waals surface area (Å²) >= 11 is 0. The van der Waals surface area contributed by atoms with E-state index in [1.807, 2.05) is 13.0 Å². The van der Waals surface area contributed by atoms with Crippen LogP contribution in [0, 0.1) is 0 Å². The van der Waals surface area contributed by atoms with Gasteiger partial charge in [-0.3, -0.25) is 4.79 Å². The summed E-state index contributed by atoms with van der Waals surface area (Å²) in [5.41, 5.74) is 2.09. The van der Waals surface area contributed by atoms with Crippen LogP contribution in [-0.2, 0) is 14.3 Å². The zero-order chi connectivity index (χ0) is 21.7. The molecule has 1 aromatic carbocycles. The van der Waals surface area contributed by atoms with Crippen molar-refractivity contribution in [3.63, 3.8) is 0 Å². The van der Waals surface area contributed by atoms with Crippen LogP contribution in [0.2, 0.25) is 0 Å². The first-order valence-corrected chi connectivity index (χ1v) is 10.3. The van der Waals surface area contributed by atoms with Crippen LogP contribution in [0.25, 0.3) is 6.08 Å². The summed E-state index contributed by atoms with van der Waals surface area (Å²) in [5.74, 6) is 0.483. The second kappa shape index (κ2) is 9.65. The Hall–Kier alpha value is -3.02. The Morgan fingerprint density at radius 2 is 1.93 bits per heavy atom. The fraction of sp³-hybridized carbons (Fsp3) is 0.417. The highest BCUT2D eigenvalue weighted by atomic mass is 16.5. The van der Waals surface area contributed by atoms with Gasteiger partial charge in [-0.25, -0.2) is 4.79 Å². The Morgan fingerprint density at radius 3 is 2.57 bits per heavy atom. The van der Waals surface area contributed by atoms with E-state index in [9.17, 15) is 9.59 Å². The fourth-order valence-corrected chi connectivity index (χ4v) is 4.19. The van der Waals surface area contributed by atoms with Crippen molar-refractivity contribution in [2.45, 2.75) is 45.1 Å². The Bertz CT molecular complexity index is 893. The second-order valence-corrected chi connectivity index (χ2v) is 7.49. The molecule has 2 aliphatic rings. The van der Waals surface area contributed by atoms with Crippen LogP contribution in [0.1, 0.15) is 44.6 Å². The predicted octanol–water partition coefficient (Wildman–Crippen LogP) is 4.27. The maximum atomic E-state index is 13.4. The number of carbonyl (C=O) groups is 2. The van der Waals surface area contributed by atoms with Crippen molar-refractivity contribution in [3.8, 4) is 11.5 Å². The number of ether oxygens (including phenoxy) is 3. The molecule has 1 aliphatic heterocycles. The van der Waals surface area contributed by atoms with Crippen molar-refractivity contribution in [2.75, 3.05) is 20.8 Å². The van der Waals surface area contributed by atoms with Gasteiger partial charge >= 0.3 is 5.97 Å². The summed E-state index contributed by atoms with van der Waals surface area (Å²) in [5, 5.41) is 0. The molecule has 6 nitrogen and oxygen atoms in total. The van der Waals surface area contributed by atoms with E-state index in [1.54, 1.807) is 36.3 Å². The zero-order valence-corrected chi connectivity index (χ0v) is 17.9. The number of esters is 1. The Morgan fingerprint density at radius 1 is 1.20 bits per heavy atom. The third-order valence-electron chi connectivity index (χ3n) is 5.63. The molecule has 30 heavy (non-hydrogen) atoms. The van der Waals surface area contributed by atoms with E-state index in [-0.39, 0.29) is 11.9 Å². The van der Waals surface area contributed by atoms with Gasteiger partial charge in [0.05, 0.1) is 25.4 Å². The lowest BCUT2D eigenvalue weighted by Gasteiger charge is -2.32. The molecule has 1 heterocycles. The maximum absolute atomic E-state index is 13.4. The first-order valence-electron chi connectivity index (χ1n) is 10.3. The molecule has 0 aromatic heterocycles. The summed E-state index contributed by atoms with van der Waals surface area (Å²) in [6, 6.07) is 5.52. The molecule has 1 aromatic rings. The highest BCUT2D eigenvalue weighted by molar-refractivity contribution is 6.16. The van der Waals surface area contributed by atoms with Crippen molar-refractivity contribution in [2.24, 2.45) is 0 Å². The number of amides is 1. The van der Waals surface area contributed by atoms with E-state index in [4.69, 9.17) is 14.2 Å². The topological polar surface area (TPSA) is 65.1 Å². The lowest BCUT2D eigenvalue weighted by molar-refractivity contribution is -0.136. The van der Waals surface area contributed by atoms with Gasteiger partial charge in [0.25, 0.3) is 5.91 Å². The summed E-state index contributed by atoms with van der Waals surface area (Å²) in [6.45, 7) is 5.83. The van der Waals surface area contributed by atoms with Crippen LogP contribution in [0.3, 0.4) is 0 Å². The molecule has 1 aliphatic carbocycles. The average Bonchev–Trinajstić information content (AvgIpc) is 3.02. The molecular weight excluding hydrogens is 382 g/mol. The lowest BCUT2D eigenvalue weighted by Crippen LogP contribution is -2.37. The molecule has 1 saturated carbocycles. The third kappa shape index (κ3) is 4.27. The number of methoxy groups -OCH3 is 2. The molecule has 1 amide bonds. The van der Waals surface area contributed by atoms with Gasteiger partial charge in [-0.1, -0.05) is 38.0 Å². The van der Waals surface area contributed by atoms with Crippen LogP contribution in [-0.4, -0.2) is 43.6 Å². The first-order chi connectivity index (χ1) is 14.5. The van der Waals surface area contributed by atoms with Crippen LogP contribution in [0.5, 0.6) is 11.5 Å². The van der Waals surface area contributed by atoms with Crippen LogP contribution < -0.4 is 9.47 Å². The largest absolute Gasteiger partial charge is 0.493 e. The Labute approximate surface area is 177 Å². The molecule has 0 radical (unpaired) electrons. The summed E-state index contributed by atoms with van der Waals surface area (Å²) in [7, 11) is 2.89. The van der Waals surface area contributed by atoms with Crippen molar-refractivity contribution in [1.82, 2.24) is 4.90 Å². The Balaban J connectivity index is 2.00. The molecule has 0 spiro atoms. The van der Waals surface area contributed by atoms with E-state index >= 15 is 0 Å². The van der Waals surface area contributed by atoms with Crippen LogP contribution >= 0.6 is 0 Å². The highest BCUT2D eigenvalue weighted by Crippen LogP contribution is 2.37. The minimum absolute atomic E-state index is 0.126. The van der Waals surface area contributed by atoms with Crippen molar-refractivity contribution >= 4 is 18.0 Å². The van der Waals surface area contributed by atoms with Gasteiger partial charge in [0.15, 0.2) is 11.5 Å². The Kier molecular flexibility index (Phi) is 6.98. The molecule has 3 rings (SSSR count). The lowest BCUT2D eigenvalue weighted by atomic mass is 9.94. The number of rotatable bonds is 7. The van der Waals surface area contributed by atoms with Crippen LogP contribution in [0.4, 0.5) is 0 Å². The molecule has 6 heteroatoms. The van der Waals surface area contributed by atoms with Crippen molar-refractivity contribution < 1.29 is 23.8 Å². The summed E-state index contributed by atoms with van der Waals surface area (Å²) in [4.78, 5) is 27.7. The number of nitrogens with zero attached hydrogens (tertiary/aromatic N) is 1. The number of hydrogen-bond donors (Lipinski definition) is 0. The highest BCUT2D eigenvalue weighted by Gasteiger charge is 2.40. The first kappa shape index (κ1) is 21.7. The number of hydrogen-bond acceptors (Lipinski definition) is 5. The summed E-state index contributed by atoms with van der Waals surface area (Å²) in [6.07, 6.45) is 8.66. The van der Waals surface area contributed by atoms with Gasteiger partial charge in [0, 0.05) is 11.7 Å². The molecule has 1 fully saturated rings. The molecule has 0 N–H and O–H groups in total. The van der Waals surface area contributed by atoms with Gasteiger partial charge < -0.3 is 19.1 Å². The van der Waals surface area contributed by atoms with E-state index in [1.165, 1.54) is 13.5 Å². The maximum Gasteiger partial charge on any atom is 0.340 e. The second-order valence-electron chi connectivity index (χ2n) is 7.49. The van der Waals surface area contributed by atoms with Crippen molar-refractivity contribution in [1.29, 1.82) is 0 Å². The minimum Gasteiger partial charge on any atom is -0.493 e. The molecule has 0 atom stereocenters. The number of carbonyl (C=O) groups excluding carboxylic acids is 2.